The number of halogens is 1. The summed E-state index contributed by atoms with van der Waals surface area (Å²) in [5, 5.41) is 0. The lowest BCUT2D eigenvalue weighted by molar-refractivity contribution is 0.371. The van der Waals surface area contributed by atoms with Gasteiger partial charge in [-0.15, -0.1) is 0 Å². The van der Waals surface area contributed by atoms with Gasteiger partial charge < -0.3 is 10.6 Å². The van der Waals surface area contributed by atoms with E-state index >= 15 is 0 Å². The van der Waals surface area contributed by atoms with Crippen LogP contribution in [0, 0.1) is 11.7 Å². The monoisotopic (exact) mass is 222 g/mol. The van der Waals surface area contributed by atoms with Crippen LogP contribution in [0.4, 0.5) is 4.39 Å². The summed E-state index contributed by atoms with van der Waals surface area (Å²) in [7, 11) is 2.12. The van der Waals surface area contributed by atoms with Crippen LogP contribution in [0.15, 0.2) is 24.3 Å². The van der Waals surface area contributed by atoms with Gasteiger partial charge in [0.15, 0.2) is 0 Å². The van der Waals surface area contributed by atoms with Crippen LogP contribution in [-0.2, 0) is 0 Å². The van der Waals surface area contributed by atoms with E-state index in [-0.39, 0.29) is 5.82 Å². The molecule has 2 rings (SSSR count). The molecule has 0 radical (unpaired) electrons. The number of nitrogens with two attached hydrogens (primary N) is 1. The lowest BCUT2D eigenvalue weighted by atomic mass is 9.85. The first-order valence-electron chi connectivity index (χ1n) is 5.85. The zero-order valence-electron chi connectivity index (χ0n) is 9.70. The van der Waals surface area contributed by atoms with Crippen molar-refractivity contribution in [1.29, 1.82) is 0 Å². The van der Waals surface area contributed by atoms with E-state index in [1.807, 2.05) is 6.07 Å². The van der Waals surface area contributed by atoms with E-state index in [1.54, 1.807) is 12.1 Å². The van der Waals surface area contributed by atoms with Gasteiger partial charge in [-0.3, -0.25) is 0 Å². The molecule has 2 N–H and O–H groups in total. The first-order valence-corrected chi connectivity index (χ1v) is 5.85. The van der Waals surface area contributed by atoms with Crippen LogP contribution in [0.3, 0.4) is 0 Å². The van der Waals surface area contributed by atoms with Crippen LogP contribution in [0.1, 0.15) is 17.9 Å². The highest BCUT2D eigenvalue weighted by atomic mass is 19.1. The molecule has 2 atom stereocenters. The summed E-state index contributed by atoms with van der Waals surface area (Å²) >= 11 is 0. The van der Waals surface area contributed by atoms with Crippen molar-refractivity contribution in [2.45, 2.75) is 12.3 Å². The molecule has 88 valence electrons. The van der Waals surface area contributed by atoms with Crippen LogP contribution in [0.5, 0.6) is 0 Å². The number of hydrogen-bond acceptors (Lipinski definition) is 2. The van der Waals surface area contributed by atoms with Gasteiger partial charge in [-0.05, 0) is 50.2 Å². The van der Waals surface area contributed by atoms with Crippen LogP contribution in [0.25, 0.3) is 0 Å². The minimum absolute atomic E-state index is 0.165. The van der Waals surface area contributed by atoms with E-state index in [9.17, 15) is 4.39 Å². The average Bonchev–Trinajstić information content (AvgIpc) is 2.66. The molecule has 0 bridgehead atoms. The predicted molar refractivity (Wildman–Crippen MR) is 63.8 cm³/mol. The Hall–Kier alpha value is -0.930. The standard InChI is InChI=1S/C13H19FN2/c1-16-6-5-11(9-16)13(8-15)10-3-2-4-12(14)7-10/h2-4,7,11,13H,5-6,8-9,15H2,1H3. The Morgan fingerprint density at radius 2 is 2.38 bits per heavy atom. The summed E-state index contributed by atoms with van der Waals surface area (Å²) in [6, 6.07) is 6.86. The van der Waals surface area contributed by atoms with Gasteiger partial charge in [-0.1, -0.05) is 12.1 Å². The average molecular weight is 222 g/mol. The Balaban J connectivity index is 2.16. The Morgan fingerprint density at radius 1 is 1.56 bits per heavy atom. The molecule has 1 aromatic rings. The smallest absolute Gasteiger partial charge is 0.123 e. The van der Waals surface area contributed by atoms with E-state index in [2.05, 4.69) is 11.9 Å². The van der Waals surface area contributed by atoms with E-state index in [1.165, 1.54) is 6.07 Å². The van der Waals surface area contributed by atoms with Crippen molar-refractivity contribution >= 4 is 0 Å². The second-order valence-corrected chi connectivity index (χ2v) is 4.71. The normalized spacial score (nSPS) is 23.6. The molecule has 2 unspecified atom stereocenters. The van der Waals surface area contributed by atoms with Crippen LogP contribution in [-0.4, -0.2) is 31.6 Å². The van der Waals surface area contributed by atoms with Crippen molar-refractivity contribution < 1.29 is 4.39 Å². The van der Waals surface area contributed by atoms with Crippen molar-refractivity contribution in [3.8, 4) is 0 Å². The quantitative estimate of drug-likeness (QED) is 0.845. The van der Waals surface area contributed by atoms with Crippen molar-refractivity contribution in [3.05, 3.63) is 35.6 Å². The first-order chi connectivity index (χ1) is 7.70. The van der Waals surface area contributed by atoms with E-state index in [0.29, 0.717) is 18.4 Å². The summed E-state index contributed by atoms with van der Waals surface area (Å²) in [6.07, 6.45) is 1.16. The predicted octanol–water partition coefficient (Wildman–Crippen LogP) is 1.82. The minimum atomic E-state index is -0.165. The van der Waals surface area contributed by atoms with Crippen LogP contribution in [0.2, 0.25) is 0 Å². The molecule has 1 aliphatic rings. The van der Waals surface area contributed by atoms with Gasteiger partial charge in [0.2, 0.25) is 0 Å². The molecule has 1 saturated heterocycles. The Labute approximate surface area is 96.2 Å². The maximum Gasteiger partial charge on any atom is 0.123 e. The lowest BCUT2D eigenvalue weighted by Crippen LogP contribution is -2.24. The van der Waals surface area contributed by atoms with Crippen molar-refractivity contribution in [3.63, 3.8) is 0 Å². The minimum Gasteiger partial charge on any atom is -0.330 e. The maximum atomic E-state index is 13.2. The molecule has 16 heavy (non-hydrogen) atoms. The molecule has 3 heteroatoms. The molecule has 1 heterocycles. The van der Waals surface area contributed by atoms with Gasteiger partial charge in [0, 0.05) is 12.5 Å². The fourth-order valence-corrected chi connectivity index (χ4v) is 2.64. The molecule has 0 spiro atoms. The number of hydrogen-bond donors (Lipinski definition) is 1. The Kier molecular flexibility index (Phi) is 3.56. The van der Waals surface area contributed by atoms with Crippen LogP contribution < -0.4 is 5.73 Å². The lowest BCUT2D eigenvalue weighted by Gasteiger charge is -2.22. The zero-order valence-corrected chi connectivity index (χ0v) is 9.70. The molecule has 0 aromatic heterocycles. The van der Waals surface area contributed by atoms with Gasteiger partial charge in [0.1, 0.15) is 5.82 Å². The Bertz CT molecular complexity index is 354. The highest BCUT2D eigenvalue weighted by Crippen LogP contribution is 2.30. The van der Waals surface area contributed by atoms with Crippen LogP contribution >= 0.6 is 0 Å². The third-order valence-corrected chi connectivity index (χ3v) is 3.53. The topological polar surface area (TPSA) is 29.3 Å². The second kappa shape index (κ2) is 4.93. The largest absolute Gasteiger partial charge is 0.330 e. The Morgan fingerprint density at radius 3 is 2.94 bits per heavy atom. The summed E-state index contributed by atoms with van der Waals surface area (Å²) in [4.78, 5) is 2.31. The molecular formula is C13H19FN2. The van der Waals surface area contributed by atoms with Gasteiger partial charge in [-0.25, -0.2) is 4.39 Å². The molecule has 1 fully saturated rings. The summed E-state index contributed by atoms with van der Waals surface area (Å²) in [6.45, 7) is 2.79. The summed E-state index contributed by atoms with van der Waals surface area (Å²) in [5.41, 5.74) is 6.88. The second-order valence-electron chi connectivity index (χ2n) is 4.71. The van der Waals surface area contributed by atoms with Crippen molar-refractivity contribution in [2.75, 3.05) is 26.7 Å². The number of rotatable bonds is 3. The molecular weight excluding hydrogens is 203 g/mol. The fraction of sp³-hybridized carbons (Fsp3) is 0.538. The van der Waals surface area contributed by atoms with E-state index in [4.69, 9.17) is 5.73 Å². The van der Waals surface area contributed by atoms with Gasteiger partial charge >= 0.3 is 0 Å². The summed E-state index contributed by atoms with van der Waals surface area (Å²) < 4.78 is 13.2. The SMILES string of the molecule is CN1CCC(C(CN)c2cccc(F)c2)C1. The maximum absolute atomic E-state index is 13.2. The first kappa shape index (κ1) is 11.6. The van der Waals surface area contributed by atoms with Crippen molar-refractivity contribution in [1.82, 2.24) is 4.90 Å². The number of nitrogens with zero attached hydrogens (tertiary/aromatic N) is 1. The highest BCUT2D eigenvalue weighted by molar-refractivity contribution is 5.22. The molecule has 1 aromatic carbocycles. The third-order valence-electron chi connectivity index (χ3n) is 3.53. The van der Waals surface area contributed by atoms with Crippen molar-refractivity contribution in [2.24, 2.45) is 11.7 Å². The molecule has 0 amide bonds. The fourth-order valence-electron chi connectivity index (χ4n) is 2.64. The molecule has 2 nitrogen and oxygen atoms in total. The number of likely N-dealkylation sites (tertiary alicyclic amines) is 1. The number of benzene rings is 1. The molecule has 1 aliphatic heterocycles. The van der Waals surface area contributed by atoms with E-state index < -0.39 is 0 Å². The zero-order chi connectivity index (χ0) is 11.5. The third kappa shape index (κ3) is 2.42. The molecule has 0 aliphatic carbocycles. The van der Waals surface area contributed by atoms with Gasteiger partial charge in [0.25, 0.3) is 0 Å². The molecule has 0 saturated carbocycles. The highest BCUT2D eigenvalue weighted by Gasteiger charge is 2.27. The summed E-state index contributed by atoms with van der Waals surface area (Å²) in [5.74, 6) is 0.694. The van der Waals surface area contributed by atoms with Gasteiger partial charge in [-0.2, -0.15) is 0 Å². The van der Waals surface area contributed by atoms with Gasteiger partial charge in [0.05, 0.1) is 0 Å². The van der Waals surface area contributed by atoms with E-state index in [0.717, 1.165) is 25.1 Å².